The van der Waals surface area contributed by atoms with Gasteiger partial charge in [-0.05, 0) is 18.6 Å². The molecule has 1 aromatic carbocycles. The predicted octanol–water partition coefficient (Wildman–Crippen LogP) is 2.68. The van der Waals surface area contributed by atoms with E-state index < -0.39 is 0 Å². The lowest BCUT2D eigenvalue weighted by Crippen LogP contribution is -2.15. The van der Waals surface area contributed by atoms with Gasteiger partial charge in [-0.2, -0.15) is 0 Å². The Kier molecular flexibility index (Phi) is 3.31. The van der Waals surface area contributed by atoms with Crippen LogP contribution in [-0.2, 0) is 0 Å². The van der Waals surface area contributed by atoms with Crippen molar-refractivity contribution < 1.29 is 4.39 Å². The Bertz CT molecular complexity index is 481. The average molecular weight is 236 g/mol. The molecule has 1 heterocycles. The SMILES string of the molecule is Cc1csc(C(CN)c2ccccc2F)n1. The quantitative estimate of drug-likeness (QED) is 0.889. The van der Waals surface area contributed by atoms with Crippen LogP contribution in [0.15, 0.2) is 29.6 Å². The highest BCUT2D eigenvalue weighted by Gasteiger charge is 2.18. The molecule has 1 unspecified atom stereocenters. The highest BCUT2D eigenvalue weighted by molar-refractivity contribution is 7.09. The Balaban J connectivity index is 2.40. The van der Waals surface area contributed by atoms with Gasteiger partial charge in [-0.3, -0.25) is 0 Å². The minimum absolute atomic E-state index is 0.139. The highest BCUT2D eigenvalue weighted by Crippen LogP contribution is 2.27. The van der Waals surface area contributed by atoms with Crippen molar-refractivity contribution in [3.63, 3.8) is 0 Å². The van der Waals surface area contributed by atoms with Gasteiger partial charge in [0.05, 0.1) is 5.92 Å². The van der Waals surface area contributed by atoms with E-state index in [9.17, 15) is 4.39 Å². The summed E-state index contributed by atoms with van der Waals surface area (Å²) < 4.78 is 13.6. The summed E-state index contributed by atoms with van der Waals surface area (Å²) in [4.78, 5) is 4.37. The van der Waals surface area contributed by atoms with Crippen molar-refractivity contribution in [3.8, 4) is 0 Å². The van der Waals surface area contributed by atoms with Gasteiger partial charge in [0.2, 0.25) is 0 Å². The molecule has 0 aliphatic rings. The minimum Gasteiger partial charge on any atom is -0.329 e. The Morgan fingerprint density at radius 1 is 1.44 bits per heavy atom. The first-order chi connectivity index (χ1) is 7.72. The molecule has 0 fully saturated rings. The molecular formula is C12H13FN2S. The van der Waals surface area contributed by atoms with Crippen LogP contribution in [0.4, 0.5) is 4.39 Å². The van der Waals surface area contributed by atoms with Crippen molar-refractivity contribution >= 4 is 11.3 Å². The first kappa shape index (κ1) is 11.2. The molecule has 4 heteroatoms. The van der Waals surface area contributed by atoms with Crippen LogP contribution in [-0.4, -0.2) is 11.5 Å². The molecule has 0 spiro atoms. The van der Waals surface area contributed by atoms with Gasteiger partial charge in [-0.25, -0.2) is 9.37 Å². The van der Waals surface area contributed by atoms with E-state index in [0.717, 1.165) is 10.7 Å². The number of benzene rings is 1. The second kappa shape index (κ2) is 4.72. The van der Waals surface area contributed by atoms with Crippen LogP contribution >= 0.6 is 11.3 Å². The molecule has 1 atom stereocenters. The van der Waals surface area contributed by atoms with E-state index in [-0.39, 0.29) is 11.7 Å². The molecule has 2 N–H and O–H groups in total. The minimum atomic E-state index is -0.217. The summed E-state index contributed by atoms with van der Waals surface area (Å²) in [6.07, 6.45) is 0. The average Bonchev–Trinajstić information content (AvgIpc) is 2.69. The molecule has 0 saturated carbocycles. The van der Waals surface area contributed by atoms with Crippen molar-refractivity contribution in [1.82, 2.24) is 4.98 Å². The zero-order chi connectivity index (χ0) is 11.5. The van der Waals surface area contributed by atoms with Gasteiger partial charge in [-0.1, -0.05) is 18.2 Å². The van der Waals surface area contributed by atoms with Crippen molar-refractivity contribution in [3.05, 3.63) is 51.7 Å². The van der Waals surface area contributed by atoms with Crippen molar-refractivity contribution in [2.75, 3.05) is 6.54 Å². The molecule has 2 nitrogen and oxygen atoms in total. The van der Waals surface area contributed by atoms with Gasteiger partial charge < -0.3 is 5.73 Å². The van der Waals surface area contributed by atoms with E-state index in [1.165, 1.54) is 17.4 Å². The number of hydrogen-bond acceptors (Lipinski definition) is 3. The van der Waals surface area contributed by atoms with E-state index in [1.54, 1.807) is 12.1 Å². The molecule has 84 valence electrons. The number of hydrogen-bond donors (Lipinski definition) is 1. The molecule has 0 bridgehead atoms. The summed E-state index contributed by atoms with van der Waals surface area (Å²) in [7, 11) is 0. The molecule has 0 saturated heterocycles. The number of halogens is 1. The number of aromatic nitrogens is 1. The summed E-state index contributed by atoms with van der Waals surface area (Å²) in [6.45, 7) is 2.29. The maximum atomic E-state index is 13.6. The molecule has 16 heavy (non-hydrogen) atoms. The maximum Gasteiger partial charge on any atom is 0.127 e. The van der Waals surface area contributed by atoms with Gasteiger partial charge in [-0.15, -0.1) is 11.3 Å². The summed E-state index contributed by atoms with van der Waals surface area (Å²) in [5.74, 6) is -0.356. The topological polar surface area (TPSA) is 38.9 Å². The highest BCUT2D eigenvalue weighted by atomic mass is 32.1. The Hall–Kier alpha value is -1.26. The predicted molar refractivity (Wildman–Crippen MR) is 64.1 cm³/mol. The first-order valence-corrected chi connectivity index (χ1v) is 5.97. The Morgan fingerprint density at radius 2 is 2.19 bits per heavy atom. The lowest BCUT2D eigenvalue weighted by Gasteiger charge is -2.12. The van der Waals surface area contributed by atoms with Crippen LogP contribution < -0.4 is 5.73 Å². The zero-order valence-electron chi connectivity index (χ0n) is 8.98. The normalized spacial score (nSPS) is 12.7. The lowest BCUT2D eigenvalue weighted by molar-refractivity contribution is 0.596. The van der Waals surface area contributed by atoms with Gasteiger partial charge in [0, 0.05) is 17.6 Å². The van der Waals surface area contributed by atoms with E-state index in [1.807, 2.05) is 18.4 Å². The second-order valence-electron chi connectivity index (χ2n) is 3.64. The third-order valence-corrected chi connectivity index (χ3v) is 3.53. The molecule has 0 radical (unpaired) electrons. The number of aryl methyl sites for hydroxylation is 1. The van der Waals surface area contributed by atoms with E-state index >= 15 is 0 Å². The van der Waals surface area contributed by atoms with Gasteiger partial charge in [0.15, 0.2) is 0 Å². The largest absolute Gasteiger partial charge is 0.329 e. The lowest BCUT2D eigenvalue weighted by atomic mass is 9.99. The maximum absolute atomic E-state index is 13.6. The van der Waals surface area contributed by atoms with E-state index in [2.05, 4.69) is 4.98 Å². The van der Waals surface area contributed by atoms with Crippen molar-refractivity contribution in [2.45, 2.75) is 12.8 Å². The fourth-order valence-electron chi connectivity index (χ4n) is 1.65. The van der Waals surface area contributed by atoms with E-state index in [0.29, 0.717) is 12.1 Å². The monoisotopic (exact) mass is 236 g/mol. The summed E-state index contributed by atoms with van der Waals surface area (Å²) >= 11 is 1.53. The van der Waals surface area contributed by atoms with Crippen LogP contribution in [0.2, 0.25) is 0 Å². The first-order valence-electron chi connectivity index (χ1n) is 5.09. The van der Waals surface area contributed by atoms with Crippen LogP contribution in [0.25, 0.3) is 0 Å². The molecule has 0 amide bonds. The van der Waals surface area contributed by atoms with Crippen molar-refractivity contribution in [2.24, 2.45) is 5.73 Å². The van der Waals surface area contributed by atoms with Crippen LogP contribution in [0, 0.1) is 12.7 Å². The third kappa shape index (κ3) is 2.13. The Labute approximate surface area is 97.9 Å². The number of thiazole rings is 1. The van der Waals surface area contributed by atoms with Crippen molar-refractivity contribution in [1.29, 1.82) is 0 Å². The third-order valence-electron chi connectivity index (χ3n) is 2.45. The number of nitrogens with zero attached hydrogens (tertiary/aromatic N) is 1. The molecule has 0 aliphatic carbocycles. The van der Waals surface area contributed by atoms with Crippen LogP contribution in [0.1, 0.15) is 22.2 Å². The summed E-state index contributed by atoms with van der Waals surface area (Å²) in [6, 6.07) is 6.73. The fraction of sp³-hybridized carbons (Fsp3) is 0.250. The molecule has 0 aliphatic heterocycles. The van der Waals surface area contributed by atoms with Crippen LogP contribution in [0.5, 0.6) is 0 Å². The molecule has 2 aromatic rings. The number of rotatable bonds is 3. The second-order valence-corrected chi connectivity index (χ2v) is 4.53. The van der Waals surface area contributed by atoms with Gasteiger partial charge in [0.25, 0.3) is 0 Å². The molecular weight excluding hydrogens is 223 g/mol. The molecule has 2 rings (SSSR count). The van der Waals surface area contributed by atoms with Gasteiger partial charge in [0.1, 0.15) is 10.8 Å². The summed E-state index contributed by atoms with van der Waals surface area (Å²) in [5, 5.41) is 2.84. The zero-order valence-corrected chi connectivity index (χ0v) is 9.80. The standard InChI is InChI=1S/C12H13FN2S/c1-8-7-16-12(15-8)10(6-14)9-4-2-3-5-11(9)13/h2-5,7,10H,6,14H2,1H3. The fourth-order valence-corrected chi connectivity index (χ4v) is 2.58. The summed E-state index contributed by atoms with van der Waals surface area (Å²) in [5.41, 5.74) is 7.29. The molecule has 1 aromatic heterocycles. The van der Waals surface area contributed by atoms with E-state index in [4.69, 9.17) is 5.73 Å². The smallest absolute Gasteiger partial charge is 0.127 e. The van der Waals surface area contributed by atoms with Crippen LogP contribution in [0.3, 0.4) is 0 Å². The Morgan fingerprint density at radius 3 is 2.75 bits per heavy atom. The van der Waals surface area contributed by atoms with Gasteiger partial charge >= 0.3 is 0 Å². The number of nitrogens with two attached hydrogens (primary N) is 1.